The molecule has 0 aliphatic heterocycles. The molecule has 0 saturated carbocycles. The van der Waals surface area contributed by atoms with E-state index in [0.717, 1.165) is 0 Å². The van der Waals surface area contributed by atoms with Gasteiger partial charge in [0.15, 0.2) is 5.84 Å². The fraction of sp³-hybridized carbons (Fsp3) is 0.417. The summed E-state index contributed by atoms with van der Waals surface area (Å²) in [5.41, 5.74) is 5.02. The van der Waals surface area contributed by atoms with Crippen molar-refractivity contribution in [2.24, 2.45) is 16.8 Å². The first-order chi connectivity index (χ1) is 9.38. The molecule has 0 spiro atoms. The molecule has 0 saturated heterocycles. The fourth-order valence-corrected chi connectivity index (χ4v) is 1.42. The molecule has 5 nitrogen and oxygen atoms in total. The lowest BCUT2D eigenvalue weighted by molar-refractivity contribution is -0.162. The molecule has 0 radical (unpaired) electrons. The summed E-state index contributed by atoms with van der Waals surface area (Å²) in [4.78, 5) is 0. The zero-order chi connectivity index (χ0) is 15.2. The Bertz CT molecular complexity index is 464. The molecule has 0 aliphatic rings. The minimum absolute atomic E-state index is 0.205. The van der Waals surface area contributed by atoms with Gasteiger partial charge in [0.25, 0.3) is 0 Å². The maximum atomic E-state index is 12.7. The van der Waals surface area contributed by atoms with Crippen molar-refractivity contribution in [3.8, 4) is 11.5 Å². The van der Waals surface area contributed by atoms with E-state index in [2.05, 4.69) is 5.16 Å². The predicted octanol–water partition coefficient (Wildman–Crippen LogP) is 2.39. The van der Waals surface area contributed by atoms with Gasteiger partial charge in [-0.3, -0.25) is 0 Å². The van der Waals surface area contributed by atoms with Crippen LogP contribution in [0, 0.1) is 5.92 Å². The van der Waals surface area contributed by atoms with E-state index in [-0.39, 0.29) is 5.75 Å². The molecule has 1 aromatic carbocycles. The second kappa shape index (κ2) is 6.88. The summed E-state index contributed by atoms with van der Waals surface area (Å²) < 4.78 is 48.3. The Morgan fingerprint density at radius 1 is 1.35 bits per heavy atom. The Morgan fingerprint density at radius 3 is 2.45 bits per heavy atom. The van der Waals surface area contributed by atoms with E-state index in [1.54, 1.807) is 19.1 Å². The topological polar surface area (TPSA) is 77.1 Å². The Labute approximate surface area is 113 Å². The highest BCUT2D eigenvalue weighted by molar-refractivity contribution is 5.83. The van der Waals surface area contributed by atoms with Crippen molar-refractivity contribution in [1.82, 2.24) is 0 Å². The molecule has 0 fully saturated rings. The van der Waals surface area contributed by atoms with Crippen molar-refractivity contribution in [3.63, 3.8) is 0 Å². The maximum absolute atomic E-state index is 12.7. The predicted molar refractivity (Wildman–Crippen MR) is 66.1 cm³/mol. The van der Waals surface area contributed by atoms with E-state index >= 15 is 0 Å². The summed E-state index contributed by atoms with van der Waals surface area (Å²) in [5.74, 6) is -2.44. The van der Waals surface area contributed by atoms with E-state index in [1.807, 2.05) is 0 Å². The van der Waals surface area contributed by atoms with Gasteiger partial charge in [-0.1, -0.05) is 11.2 Å². The number of nitrogens with zero attached hydrogens (tertiary/aromatic N) is 1. The van der Waals surface area contributed by atoms with E-state index in [0.29, 0.717) is 12.4 Å². The lowest BCUT2D eigenvalue weighted by Crippen LogP contribution is -2.40. The molecule has 1 aromatic rings. The minimum Gasteiger partial charge on any atom is -0.494 e. The third-order valence-corrected chi connectivity index (χ3v) is 2.40. The van der Waals surface area contributed by atoms with Crippen LogP contribution in [0.2, 0.25) is 0 Å². The highest BCUT2D eigenvalue weighted by Gasteiger charge is 2.43. The van der Waals surface area contributed by atoms with Crippen LogP contribution in [-0.4, -0.2) is 30.4 Å². The first-order valence-electron chi connectivity index (χ1n) is 5.78. The maximum Gasteiger partial charge on any atom is 0.402 e. The average Bonchev–Trinajstić information content (AvgIpc) is 2.38. The zero-order valence-corrected chi connectivity index (χ0v) is 10.7. The van der Waals surface area contributed by atoms with Crippen LogP contribution in [0.25, 0.3) is 0 Å². The number of benzene rings is 1. The fourth-order valence-electron chi connectivity index (χ4n) is 1.42. The lowest BCUT2D eigenvalue weighted by atomic mass is 10.1. The first kappa shape index (κ1) is 15.9. The van der Waals surface area contributed by atoms with Gasteiger partial charge in [0.05, 0.1) is 6.61 Å². The number of alkyl halides is 3. The standard InChI is InChI=1S/C12H15F3N2O3/c1-2-19-8-4-3-5-9(6-8)20-7-10(11(16)17-18)12(13,14)15/h3-6,10,18H,2,7H2,1H3,(H2,16,17). The second-order valence-corrected chi connectivity index (χ2v) is 3.84. The Balaban J connectivity index is 2.75. The van der Waals surface area contributed by atoms with Crippen LogP contribution in [0.5, 0.6) is 11.5 Å². The van der Waals surface area contributed by atoms with Crippen LogP contribution in [0.1, 0.15) is 6.92 Å². The summed E-state index contributed by atoms with van der Waals surface area (Å²) >= 11 is 0. The molecule has 3 N–H and O–H groups in total. The molecular weight excluding hydrogens is 277 g/mol. The number of hydrogen-bond acceptors (Lipinski definition) is 4. The van der Waals surface area contributed by atoms with E-state index in [4.69, 9.17) is 20.4 Å². The van der Waals surface area contributed by atoms with E-state index in [1.165, 1.54) is 12.1 Å². The molecule has 0 aliphatic carbocycles. The Kier molecular flexibility index (Phi) is 5.48. The molecule has 0 aromatic heterocycles. The van der Waals surface area contributed by atoms with Crippen molar-refractivity contribution >= 4 is 5.84 Å². The van der Waals surface area contributed by atoms with Crippen LogP contribution < -0.4 is 15.2 Å². The van der Waals surface area contributed by atoms with Crippen molar-refractivity contribution in [3.05, 3.63) is 24.3 Å². The minimum atomic E-state index is -4.66. The SMILES string of the molecule is CCOc1cccc(OCC(/C(N)=N/O)C(F)(F)F)c1. The smallest absolute Gasteiger partial charge is 0.402 e. The highest BCUT2D eigenvalue weighted by Crippen LogP contribution is 2.28. The monoisotopic (exact) mass is 292 g/mol. The van der Waals surface area contributed by atoms with Crippen molar-refractivity contribution < 1.29 is 27.9 Å². The molecule has 1 rings (SSSR count). The third kappa shape index (κ3) is 4.52. The number of oxime groups is 1. The summed E-state index contributed by atoms with van der Waals surface area (Å²) in [7, 11) is 0. The van der Waals surface area contributed by atoms with Gasteiger partial charge in [0, 0.05) is 6.07 Å². The number of hydrogen-bond donors (Lipinski definition) is 2. The third-order valence-electron chi connectivity index (χ3n) is 2.40. The average molecular weight is 292 g/mol. The number of halogens is 3. The van der Waals surface area contributed by atoms with Crippen LogP contribution in [0.15, 0.2) is 29.4 Å². The molecular formula is C12H15F3N2O3. The number of nitrogens with two attached hydrogens (primary N) is 1. The zero-order valence-electron chi connectivity index (χ0n) is 10.7. The molecule has 20 heavy (non-hydrogen) atoms. The lowest BCUT2D eigenvalue weighted by Gasteiger charge is -2.19. The van der Waals surface area contributed by atoms with Crippen LogP contribution in [-0.2, 0) is 0 Å². The normalized spacial score (nSPS) is 13.9. The Morgan fingerprint density at radius 2 is 1.95 bits per heavy atom. The molecule has 1 unspecified atom stereocenters. The number of rotatable bonds is 6. The van der Waals surface area contributed by atoms with Gasteiger partial charge in [-0.15, -0.1) is 0 Å². The molecule has 1 atom stereocenters. The van der Waals surface area contributed by atoms with E-state index < -0.39 is 24.5 Å². The number of ether oxygens (including phenoxy) is 2. The van der Waals surface area contributed by atoms with Gasteiger partial charge < -0.3 is 20.4 Å². The van der Waals surface area contributed by atoms with Crippen LogP contribution in [0.3, 0.4) is 0 Å². The first-order valence-corrected chi connectivity index (χ1v) is 5.78. The molecule has 112 valence electrons. The quantitative estimate of drug-likeness (QED) is 0.365. The summed E-state index contributed by atoms with van der Waals surface area (Å²) in [6.07, 6.45) is -4.66. The molecule has 0 amide bonds. The molecule has 8 heteroatoms. The summed E-state index contributed by atoms with van der Waals surface area (Å²) in [6.45, 7) is 1.43. The van der Waals surface area contributed by atoms with Crippen molar-refractivity contribution in [2.45, 2.75) is 13.1 Å². The van der Waals surface area contributed by atoms with Crippen LogP contribution in [0.4, 0.5) is 13.2 Å². The van der Waals surface area contributed by atoms with E-state index in [9.17, 15) is 13.2 Å². The summed E-state index contributed by atoms with van der Waals surface area (Å²) in [6, 6.07) is 6.19. The largest absolute Gasteiger partial charge is 0.494 e. The van der Waals surface area contributed by atoms with Gasteiger partial charge in [-0.25, -0.2) is 0 Å². The van der Waals surface area contributed by atoms with Gasteiger partial charge in [-0.05, 0) is 19.1 Å². The molecule has 0 heterocycles. The van der Waals surface area contributed by atoms with Gasteiger partial charge in [-0.2, -0.15) is 13.2 Å². The van der Waals surface area contributed by atoms with Gasteiger partial charge in [0.2, 0.25) is 0 Å². The van der Waals surface area contributed by atoms with Crippen molar-refractivity contribution in [2.75, 3.05) is 13.2 Å². The highest BCUT2D eigenvalue weighted by atomic mass is 19.4. The summed E-state index contributed by atoms with van der Waals surface area (Å²) in [5, 5.41) is 10.8. The second-order valence-electron chi connectivity index (χ2n) is 3.84. The Hall–Kier alpha value is -2.12. The van der Waals surface area contributed by atoms with Crippen molar-refractivity contribution in [1.29, 1.82) is 0 Å². The van der Waals surface area contributed by atoms with Gasteiger partial charge in [0.1, 0.15) is 24.0 Å². The van der Waals surface area contributed by atoms with Crippen LogP contribution >= 0.6 is 0 Å². The van der Waals surface area contributed by atoms with Gasteiger partial charge >= 0.3 is 6.18 Å². The number of amidine groups is 1. The molecule has 0 bridgehead atoms.